The number of nitrogens with zero attached hydrogens (tertiary/aromatic N) is 1. The van der Waals surface area contributed by atoms with Crippen LogP contribution in [0.15, 0.2) is 22.8 Å². The number of hydrogen-bond donors (Lipinski definition) is 1. The van der Waals surface area contributed by atoms with E-state index in [1.807, 2.05) is 12.1 Å². The van der Waals surface area contributed by atoms with E-state index in [-0.39, 0.29) is 0 Å². The molecule has 0 atom stereocenters. The molecule has 0 unspecified atom stereocenters. The highest BCUT2D eigenvalue weighted by atomic mass is 32.2. The standard InChI is InChI=1S/C13H22N2OS/c1-13(2)11-15(7-9-17-13)6-5-14-10-12-4-3-8-16-12/h3-4,8,14H,5-7,9-11H2,1-2H3. The van der Waals surface area contributed by atoms with Gasteiger partial charge in [-0.25, -0.2) is 0 Å². The quantitative estimate of drug-likeness (QED) is 0.816. The zero-order valence-corrected chi connectivity index (χ0v) is 11.6. The van der Waals surface area contributed by atoms with Crippen LogP contribution in [0, 0.1) is 0 Å². The summed E-state index contributed by atoms with van der Waals surface area (Å²) < 4.78 is 5.70. The van der Waals surface area contributed by atoms with Crippen LogP contribution in [-0.4, -0.2) is 41.6 Å². The smallest absolute Gasteiger partial charge is 0.117 e. The molecule has 1 aliphatic heterocycles. The summed E-state index contributed by atoms with van der Waals surface area (Å²) >= 11 is 2.08. The Morgan fingerprint density at radius 2 is 2.41 bits per heavy atom. The van der Waals surface area contributed by atoms with Gasteiger partial charge in [0.2, 0.25) is 0 Å². The van der Waals surface area contributed by atoms with Crippen molar-refractivity contribution in [3.05, 3.63) is 24.2 Å². The Morgan fingerprint density at radius 3 is 3.12 bits per heavy atom. The van der Waals surface area contributed by atoms with Gasteiger partial charge < -0.3 is 9.73 Å². The molecule has 1 N–H and O–H groups in total. The topological polar surface area (TPSA) is 28.4 Å². The Kier molecular flexibility index (Phi) is 4.54. The molecule has 0 bridgehead atoms. The second-order valence-electron chi connectivity index (χ2n) is 5.14. The van der Waals surface area contributed by atoms with E-state index in [1.54, 1.807) is 6.26 Å². The van der Waals surface area contributed by atoms with E-state index >= 15 is 0 Å². The van der Waals surface area contributed by atoms with Crippen LogP contribution >= 0.6 is 11.8 Å². The van der Waals surface area contributed by atoms with E-state index in [0.717, 1.165) is 25.4 Å². The molecule has 0 spiro atoms. The van der Waals surface area contributed by atoms with Crippen LogP contribution in [0.5, 0.6) is 0 Å². The maximum Gasteiger partial charge on any atom is 0.117 e. The Morgan fingerprint density at radius 1 is 1.53 bits per heavy atom. The molecule has 0 amide bonds. The lowest BCUT2D eigenvalue weighted by molar-refractivity contribution is 0.259. The lowest BCUT2D eigenvalue weighted by atomic mass is 10.2. The number of nitrogens with one attached hydrogen (secondary N) is 1. The van der Waals surface area contributed by atoms with E-state index < -0.39 is 0 Å². The van der Waals surface area contributed by atoms with Crippen molar-refractivity contribution >= 4 is 11.8 Å². The molecule has 0 aromatic carbocycles. The number of hydrogen-bond acceptors (Lipinski definition) is 4. The number of thioether (sulfide) groups is 1. The molecule has 96 valence electrons. The van der Waals surface area contributed by atoms with Crippen LogP contribution in [0.1, 0.15) is 19.6 Å². The molecule has 1 fully saturated rings. The lowest BCUT2D eigenvalue weighted by Gasteiger charge is -2.37. The highest BCUT2D eigenvalue weighted by molar-refractivity contribution is 8.00. The fourth-order valence-electron chi connectivity index (χ4n) is 2.17. The third-order valence-electron chi connectivity index (χ3n) is 2.99. The zero-order valence-electron chi connectivity index (χ0n) is 10.7. The largest absolute Gasteiger partial charge is 0.468 e. The number of furan rings is 1. The molecular weight excluding hydrogens is 232 g/mol. The molecule has 17 heavy (non-hydrogen) atoms. The average Bonchev–Trinajstić information content (AvgIpc) is 2.76. The minimum Gasteiger partial charge on any atom is -0.468 e. The molecule has 1 saturated heterocycles. The first-order valence-electron chi connectivity index (χ1n) is 6.25. The van der Waals surface area contributed by atoms with Gasteiger partial charge >= 0.3 is 0 Å². The van der Waals surface area contributed by atoms with Crippen molar-refractivity contribution in [1.82, 2.24) is 10.2 Å². The van der Waals surface area contributed by atoms with Crippen LogP contribution in [0.25, 0.3) is 0 Å². The Balaban J connectivity index is 1.62. The molecule has 0 aliphatic carbocycles. The average molecular weight is 254 g/mol. The Labute approximate surface area is 108 Å². The van der Waals surface area contributed by atoms with E-state index in [4.69, 9.17) is 4.42 Å². The van der Waals surface area contributed by atoms with Gasteiger partial charge in [0, 0.05) is 36.7 Å². The summed E-state index contributed by atoms with van der Waals surface area (Å²) in [6, 6.07) is 3.94. The third-order valence-corrected chi connectivity index (χ3v) is 4.29. The molecule has 1 aromatic heterocycles. The van der Waals surface area contributed by atoms with Gasteiger partial charge in [0.25, 0.3) is 0 Å². The van der Waals surface area contributed by atoms with Crippen molar-refractivity contribution in [2.75, 3.05) is 31.9 Å². The van der Waals surface area contributed by atoms with Crippen molar-refractivity contribution in [3.63, 3.8) is 0 Å². The van der Waals surface area contributed by atoms with Crippen LogP contribution in [0.2, 0.25) is 0 Å². The van der Waals surface area contributed by atoms with Crippen molar-refractivity contribution in [2.45, 2.75) is 25.1 Å². The summed E-state index contributed by atoms with van der Waals surface area (Å²) in [5, 5.41) is 3.42. The van der Waals surface area contributed by atoms with E-state index in [1.165, 1.54) is 18.8 Å². The van der Waals surface area contributed by atoms with Gasteiger partial charge in [-0.15, -0.1) is 0 Å². The first kappa shape index (κ1) is 13.0. The SMILES string of the molecule is CC1(C)CN(CCNCc2ccco2)CCS1. The van der Waals surface area contributed by atoms with Crippen LogP contribution in [0.4, 0.5) is 0 Å². The fourth-order valence-corrected chi connectivity index (χ4v) is 3.34. The second-order valence-corrected chi connectivity index (χ2v) is 6.94. The molecule has 2 rings (SSSR count). The van der Waals surface area contributed by atoms with E-state index in [0.29, 0.717) is 4.75 Å². The molecule has 1 aliphatic rings. The van der Waals surface area contributed by atoms with Crippen molar-refractivity contribution in [3.8, 4) is 0 Å². The molecule has 3 nitrogen and oxygen atoms in total. The van der Waals surface area contributed by atoms with Gasteiger partial charge in [-0.2, -0.15) is 11.8 Å². The highest BCUT2D eigenvalue weighted by Gasteiger charge is 2.26. The normalized spacial score (nSPS) is 20.6. The molecule has 0 radical (unpaired) electrons. The van der Waals surface area contributed by atoms with Gasteiger partial charge in [0.05, 0.1) is 12.8 Å². The highest BCUT2D eigenvalue weighted by Crippen LogP contribution is 2.28. The summed E-state index contributed by atoms with van der Waals surface area (Å²) in [6.45, 7) is 10.1. The molecular formula is C13H22N2OS. The Hall–Kier alpha value is -0.450. The van der Waals surface area contributed by atoms with Crippen LogP contribution in [0.3, 0.4) is 0 Å². The first-order chi connectivity index (χ1) is 8.16. The summed E-state index contributed by atoms with van der Waals surface area (Å²) in [5.41, 5.74) is 0. The minimum atomic E-state index is 0.416. The van der Waals surface area contributed by atoms with Crippen molar-refractivity contribution in [1.29, 1.82) is 0 Å². The monoisotopic (exact) mass is 254 g/mol. The number of rotatable bonds is 5. The second kappa shape index (κ2) is 5.94. The van der Waals surface area contributed by atoms with Gasteiger partial charge in [-0.1, -0.05) is 0 Å². The summed E-state index contributed by atoms with van der Waals surface area (Å²) in [7, 11) is 0. The van der Waals surface area contributed by atoms with E-state index in [2.05, 4.69) is 35.8 Å². The molecule has 0 saturated carbocycles. The molecule has 4 heteroatoms. The van der Waals surface area contributed by atoms with Crippen LogP contribution < -0.4 is 5.32 Å². The van der Waals surface area contributed by atoms with Gasteiger partial charge in [0.15, 0.2) is 0 Å². The third kappa shape index (κ3) is 4.37. The zero-order chi connectivity index (χ0) is 12.1. The van der Waals surface area contributed by atoms with Crippen molar-refractivity contribution < 1.29 is 4.42 Å². The molecule has 2 heterocycles. The molecule has 1 aromatic rings. The van der Waals surface area contributed by atoms with Crippen LogP contribution in [-0.2, 0) is 6.54 Å². The fraction of sp³-hybridized carbons (Fsp3) is 0.692. The minimum absolute atomic E-state index is 0.416. The predicted octanol–water partition coefficient (Wildman–Crippen LogP) is 2.20. The van der Waals surface area contributed by atoms with Crippen molar-refractivity contribution in [2.24, 2.45) is 0 Å². The van der Waals surface area contributed by atoms with Gasteiger partial charge in [0.1, 0.15) is 5.76 Å². The van der Waals surface area contributed by atoms with E-state index in [9.17, 15) is 0 Å². The first-order valence-corrected chi connectivity index (χ1v) is 7.24. The summed E-state index contributed by atoms with van der Waals surface area (Å²) in [6.07, 6.45) is 1.72. The lowest BCUT2D eigenvalue weighted by Crippen LogP contribution is -2.45. The maximum absolute atomic E-state index is 5.28. The Bertz CT molecular complexity index is 324. The van der Waals surface area contributed by atoms with Gasteiger partial charge in [-0.05, 0) is 26.0 Å². The predicted molar refractivity (Wildman–Crippen MR) is 73.4 cm³/mol. The summed E-state index contributed by atoms with van der Waals surface area (Å²) in [5.74, 6) is 2.27. The summed E-state index contributed by atoms with van der Waals surface area (Å²) in [4.78, 5) is 2.55. The maximum atomic E-state index is 5.28. The van der Waals surface area contributed by atoms with Gasteiger partial charge in [-0.3, -0.25) is 4.90 Å².